The molecule has 15 heavy (non-hydrogen) atoms. The maximum atomic E-state index is 5.59. The van der Waals surface area contributed by atoms with Gasteiger partial charge >= 0.3 is 0 Å². The number of anilines is 1. The van der Waals surface area contributed by atoms with Crippen molar-refractivity contribution in [3.8, 4) is 0 Å². The Balaban J connectivity index is 1.62. The first kappa shape index (κ1) is 10.4. The molecule has 1 aromatic heterocycles. The normalized spacial score (nSPS) is 16.3. The second kappa shape index (κ2) is 5.12. The van der Waals surface area contributed by atoms with E-state index in [4.69, 9.17) is 10.5 Å². The zero-order chi connectivity index (χ0) is 10.5. The van der Waals surface area contributed by atoms with E-state index in [1.54, 1.807) is 6.20 Å². The van der Waals surface area contributed by atoms with E-state index in [-0.39, 0.29) is 0 Å². The Morgan fingerprint density at radius 2 is 2.27 bits per heavy atom. The average molecular weight is 206 g/mol. The molecular weight excluding hydrogens is 188 g/mol. The molecule has 0 spiro atoms. The van der Waals surface area contributed by atoms with Crippen molar-refractivity contribution in [2.45, 2.75) is 32.3 Å². The minimum atomic E-state index is 0.563. The van der Waals surface area contributed by atoms with Gasteiger partial charge < -0.3 is 10.5 Å². The summed E-state index contributed by atoms with van der Waals surface area (Å²) >= 11 is 0. The highest BCUT2D eigenvalue weighted by molar-refractivity contribution is 5.28. The number of nitrogen functional groups attached to an aromatic ring is 1. The smallest absolute Gasteiger partial charge is 0.123 e. The molecule has 0 atom stereocenters. The monoisotopic (exact) mass is 206 g/mol. The van der Waals surface area contributed by atoms with Crippen molar-refractivity contribution in [3.05, 3.63) is 23.9 Å². The Morgan fingerprint density at radius 1 is 1.40 bits per heavy atom. The Labute approximate surface area is 90.7 Å². The summed E-state index contributed by atoms with van der Waals surface area (Å²) in [6.07, 6.45) is 7.19. The molecule has 1 fully saturated rings. The maximum Gasteiger partial charge on any atom is 0.123 e. The van der Waals surface area contributed by atoms with E-state index in [1.807, 2.05) is 12.1 Å². The molecule has 0 aromatic carbocycles. The summed E-state index contributed by atoms with van der Waals surface area (Å²) in [5, 5.41) is 0. The van der Waals surface area contributed by atoms with Gasteiger partial charge in [-0.2, -0.15) is 0 Å². The third kappa shape index (κ3) is 3.20. The fourth-order valence-corrected chi connectivity index (χ4v) is 1.74. The predicted octanol–water partition coefficient (Wildman–Crippen LogP) is 2.37. The second-order valence-electron chi connectivity index (χ2n) is 4.23. The molecule has 1 saturated carbocycles. The van der Waals surface area contributed by atoms with E-state index in [0.717, 1.165) is 18.1 Å². The molecule has 1 aliphatic rings. The van der Waals surface area contributed by atoms with E-state index >= 15 is 0 Å². The average Bonchev–Trinajstić information content (AvgIpc) is 2.18. The van der Waals surface area contributed by atoms with Crippen LogP contribution in [-0.2, 0) is 11.3 Å². The number of rotatable bonds is 5. The molecule has 1 heterocycles. The molecule has 0 radical (unpaired) electrons. The van der Waals surface area contributed by atoms with Crippen molar-refractivity contribution < 1.29 is 4.74 Å². The highest BCUT2D eigenvalue weighted by Crippen LogP contribution is 2.29. The van der Waals surface area contributed by atoms with Crippen molar-refractivity contribution >= 4 is 5.82 Å². The lowest BCUT2D eigenvalue weighted by molar-refractivity contribution is 0.0948. The molecule has 0 saturated heterocycles. The number of nitrogens with two attached hydrogens (primary N) is 1. The van der Waals surface area contributed by atoms with Crippen LogP contribution in [0.2, 0.25) is 0 Å². The molecule has 2 N–H and O–H groups in total. The number of hydrogen-bond donors (Lipinski definition) is 1. The number of aromatic nitrogens is 1. The molecule has 3 nitrogen and oxygen atoms in total. The first-order chi connectivity index (χ1) is 7.34. The third-order valence-electron chi connectivity index (χ3n) is 3.01. The number of hydrogen-bond acceptors (Lipinski definition) is 3. The second-order valence-corrected chi connectivity index (χ2v) is 4.23. The van der Waals surface area contributed by atoms with Gasteiger partial charge in [-0.25, -0.2) is 4.98 Å². The lowest BCUT2D eigenvalue weighted by Crippen LogP contribution is -2.13. The summed E-state index contributed by atoms with van der Waals surface area (Å²) < 4.78 is 5.59. The molecule has 3 heteroatoms. The quantitative estimate of drug-likeness (QED) is 0.752. The van der Waals surface area contributed by atoms with E-state index in [9.17, 15) is 0 Å². The van der Waals surface area contributed by atoms with Crippen LogP contribution in [0.15, 0.2) is 18.3 Å². The van der Waals surface area contributed by atoms with Crippen LogP contribution >= 0.6 is 0 Å². The van der Waals surface area contributed by atoms with Gasteiger partial charge in [-0.05, 0) is 24.0 Å². The van der Waals surface area contributed by atoms with Crippen molar-refractivity contribution in [1.82, 2.24) is 4.98 Å². The van der Waals surface area contributed by atoms with Crippen molar-refractivity contribution in [2.24, 2.45) is 5.92 Å². The minimum Gasteiger partial charge on any atom is -0.384 e. The van der Waals surface area contributed by atoms with E-state index in [0.29, 0.717) is 12.4 Å². The van der Waals surface area contributed by atoms with Crippen LogP contribution in [0.4, 0.5) is 5.82 Å². The molecule has 1 aromatic rings. The van der Waals surface area contributed by atoms with Gasteiger partial charge in [-0.3, -0.25) is 0 Å². The van der Waals surface area contributed by atoms with Crippen LogP contribution in [0.5, 0.6) is 0 Å². The van der Waals surface area contributed by atoms with Crippen LogP contribution in [-0.4, -0.2) is 11.6 Å². The topological polar surface area (TPSA) is 48.1 Å². The highest BCUT2D eigenvalue weighted by atomic mass is 16.5. The molecule has 0 bridgehead atoms. The number of pyridine rings is 1. The van der Waals surface area contributed by atoms with Crippen LogP contribution in [0.1, 0.15) is 31.2 Å². The molecular formula is C12H18N2O. The summed E-state index contributed by atoms with van der Waals surface area (Å²) in [7, 11) is 0. The zero-order valence-electron chi connectivity index (χ0n) is 8.98. The predicted molar refractivity (Wildman–Crippen MR) is 60.3 cm³/mol. The molecule has 0 amide bonds. The van der Waals surface area contributed by atoms with Gasteiger partial charge in [0.1, 0.15) is 5.82 Å². The van der Waals surface area contributed by atoms with Gasteiger partial charge in [0.05, 0.1) is 6.61 Å². The van der Waals surface area contributed by atoms with Gasteiger partial charge in [0.25, 0.3) is 0 Å². The van der Waals surface area contributed by atoms with Gasteiger partial charge in [-0.15, -0.1) is 0 Å². The van der Waals surface area contributed by atoms with Crippen molar-refractivity contribution in [3.63, 3.8) is 0 Å². The van der Waals surface area contributed by atoms with Crippen LogP contribution in [0.25, 0.3) is 0 Å². The molecule has 0 aliphatic heterocycles. The summed E-state index contributed by atoms with van der Waals surface area (Å²) in [5.41, 5.74) is 6.59. The summed E-state index contributed by atoms with van der Waals surface area (Å²) in [5.74, 6) is 1.49. The zero-order valence-corrected chi connectivity index (χ0v) is 8.98. The van der Waals surface area contributed by atoms with E-state index < -0.39 is 0 Å². The Morgan fingerprint density at radius 3 is 2.87 bits per heavy atom. The van der Waals surface area contributed by atoms with Crippen LogP contribution < -0.4 is 5.73 Å². The fourth-order valence-electron chi connectivity index (χ4n) is 1.74. The van der Waals surface area contributed by atoms with Crippen molar-refractivity contribution in [2.75, 3.05) is 12.3 Å². The van der Waals surface area contributed by atoms with Crippen LogP contribution in [0, 0.1) is 5.92 Å². The van der Waals surface area contributed by atoms with Crippen LogP contribution in [0.3, 0.4) is 0 Å². The number of ether oxygens (including phenoxy) is 1. The third-order valence-corrected chi connectivity index (χ3v) is 3.01. The van der Waals surface area contributed by atoms with Gasteiger partial charge in [0.2, 0.25) is 0 Å². The fraction of sp³-hybridized carbons (Fsp3) is 0.583. The molecule has 2 rings (SSSR count). The minimum absolute atomic E-state index is 0.563. The standard InChI is InChI=1S/C12H18N2O/c13-12-5-4-11(8-14-12)9-15-7-6-10-2-1-3-10/h4-5,8,10H,1-3,6-7,9H2,(H2,13,14). The molecule has 0 unspecified atom stereocenters. The van der Waals surface area contributed by atoms with Gasteiger partial charge in [0, 0.05) is 12.8 Å². The summed E-state index contributed by atoms with van der Waals surface area (Å²) in [6, 6.07) is 3.77. The molecule has 82 valence electrons. The Hall–Kier alpha value is -1.09. The van der Waals surface area contributed by atoms with Crippen molar-refractivity contribution in [1.29, 1.82) is 0 Å². The van der Waals surface area contributed by atoms with Gasteiger partial charge in [0.15, 0.2) is 0 Å². The Kier molecular flexibility index (Phi) is 3.56. The SMILES string of the molecule is Nc1ccc(COCCC2CCC2)cn1. The Bertz CT molecular complexity index is 293. The maximum absolute atomic E-state index is 5.59. The lowest BCUT2D eigenvalue weighted by Gasteiger charge is -2.24. The first-order valence-corrected chi connectivity index (χ1v) is 5.63. The lowest BCUT2D eigenvalue weighted by atomic mass is 9.83. The van der Waals surface area contributed by atoms with E-state index in [2.05, 4.69) is 4.98 Å². The van der Waals surface area contributed by atoms with E-state index in [1.165, 1.54) is 25.7 Å². The first-order valence-electron chi connectivity index (χ1n) is 5.63. The highest BCUT2D eigenvalue weighted by Gasteiger charge is 2.16. The largest absolute Gasteiger partial charge is 0.384 e. The number of nitrogens with zero attached hydrogens (tertiary/aromatic N) is 1. The molecule has 1 aliphatic carbocycles. The summed E-state index contributed by atoms with van der Waals surface area (Å²) in [4.78, 5) is 4.02. The summed E-state index contributed by atoms with van der Waals surface area (Å²) in [6.45, 7) is 1.52. The van der Waals surface area contributed by atoms with Gasteiger partial charge in [-0.1, -0.05) is 25.3 Å².